The minimum atomic E-state index is -0.333. The second kappa shape index (κ2) is 9.23. The van der Waals surface area contributed by atoms with Gasteiger partial charge in [0.2, 0.25) is 0 Å². The van der Waals surface area contributed by atoms with Gasteiger partial charge >= 0.3 is 0 Å². The van der Waals surface area contributed by atoms with Crippen LogP contribution in [0.25, 0.3) is 6.08 Å². The molecule has 0 aliphatic heterocycles. The lowest BCUT2D eigenvalue weighted by molar-refractivity contribution is -0.115. The van der Waals surface area contributed by atoms with E-state index in [1.807, 2.05) is 30.3 Å². The van der Waals surface area contributed by atoms with Crippen molar-refractivity contribution in [2.75, 3.05) is 7.05 Å². The van der Waals surface area contributed by atoms with E-state index in [1.165, 1.54) is 13.1 Å². The number of aliphatic imine (C=N–C) groups is 1. The van der Waals surface area contributed by atoms with Gasteiger partial charge in [-0.05, 0) is 11.6 Å². The number of nitrogens with one attached hydrogen (secondary N) is 2. The van der Waals surface area contributed by atoms with E-state index in [1.54, 1.807) is 6.08 Å². The van der Waals surface area contributed by atoms with Crippen molar-refractivity contribution < 1.29 is 4.79 Å². The van der Waals surface area contributed by atoms with Crippen molar-refractivity contribution in [2.45, 2.75) is 0 Å². The lowest BCUT2D eigenvalue weighted by Gasteiger charge is -1.98. The maximum Gasteiger partial charge on any atom is 0.250 e. The first-order valence-electron chi connectivity index (χ1n) is 5.31. The zero-order valence-electron chi connectivity index (χ0n) is 10.6. The standard InChI is InChI=1S/C11H13N3O.CH5N3/c1-13-11(12)14-10(15)8-7-9-5-3-2-4-6-9;2-1(3)4/h2-8H,1H3,(H3,12,13,14,15);(H5,2,3,4). The molecule has 0 spiro atoms. The van der Waals surface area contributed by atoms with Crippen LogP contribution >= 0.6 is 0 Å². The van der Waals surface area contributed by atoms with Crippen molar-refractivity contribution in [2.24, 2.45) is 22.2 Å². The number of nitrogens with zero attached hydrogens (tertiary/aromatic N) is 1. The van der Waals surface area contributed by atoms with E-state index in [-0.39, 0.29) is 17.8 Å². The average molecular weight is 262 g/mol. The quantitative estimate of drug-likeness (QED) is 0.280. The third-order valence-electron chi connectivity index (χ3n) is 1.72. The summed E-state index contributed by atoms with van der Waals surface area (Å²) in [7, 11) is 1.51. The molecule has 7 heteroatoms. The molecule has 8 N–H and O–H groups in total. The SMILES string of the molecule is CN=C(N)NC(=O)C=Cc1ccccc1.N=C(N)N. The molecular weight excluding hydrogens is 244 g/mol. The number of hydrogen-bond donors (Lipinski definition) is 5. The zero-order chi connectivity index (χ0) is 14.7. The van der Waals surface area contributed by atoms with Crippen molar-refractivity contribution in [1.82, 2.24) is 5.32 Å². The monoisotopic (exact) mass is 262 g/mol. The third kappa shape index (κ3) is 10.1. The van der Waals surface area contributed by atoms with Gasteiger partial charge in [0.1, 0.15) is 0 Å². The molecule has 0 aliphatic rings. The fourth-order valence-corrected chi connectivity index (χ4v) is 0.960. The second-order valence-electron chi connectivity index (χ2n) is 3.30. The van der Waals surface area contributed by atoms with Gasteiger partial charge in [-0.25, -0.2) is 0 Å². The summed E-state index contributed by atoms with van der Waals surface area (Å²) in [5.41, 5.74) is 15.2. The van der Waals surface area contributed by atoms with Crippen LogP contribution < -0.4 is 22.5 Å². The number of hydrogen-bond acceptors (Lipinski definition) is 3. The summed E-state index contributed by atoms with van der Waals surface area (Å²) < 4.78 is 0. The van der Waals surface area contributed by atoms with Gasteiger partial charge in [0, 0.05) is 13.1 Å². The Labute approximate surface area is 111 Å². The molecule has 0 aromatic heterocycles. The molecule has 0 saturated carbocycles. The van der Waals surface area contributed by atoms with E-state index < -0.39 is 0 Å². The normalized spacial score (nSPS) is 10.5. The lowest BCUT2D eigenvalue weighted by Crippen LogP contribution is -2.35. The molecule has 0 fully saturated rings. The highest BCUT2D eigenvalue weighted by Crippen LogP contribution is 2.00. The summed E-state index contributed by atoms with van der Waals surface area (Å²) in [6, 6.07) is 9.53. The number of benzene rings is 1. The Morgan fingerprint density at radius 3 is 2.26 bits per heavy atom. The van der Waals surface area contributed by atoms with Crippen LogP contribution in [0.1, 0.15) is 5.56 Å². The number of carbonyl (C=O) groups excluding carboxylic acids is 1. The molecule has 1 rings (SSSR count). The third-order valence-corrected chi connectivity index (χ3v) is 1.72. The maximum absolute atomic E-state index is 11.2. The van der Waals surface area contributed by atoms with Gasteiger partial charge in [0.25, 0.3) is 5.91 Å². The predicted molar refractivity (Wildman–Crippen MR) is 77.3 cm³/mol. The summed E-state index contributed by atoms with van der Waals surface area (Å²) in [5, 5.41) is 8.46. The molecule has 1 aromatic carbocycles. The van der Waals surface area contributed by atoms with Gasteiger partial charge < -0.3 is 17.2 Å². The van der Waals surface area contributed by atoms with Crippen LogP contribution in [0, 0.1) is 5.41 Å². The number of rotatable bonds is 2. The van der Waals surface area contributed by atoms with Crippen LogP contribution in [0.5, 0.6) is 0 Å². The van der Waals surface area contributed by atoms with Crippen LogP contribution in [0.15, 0.2) is 41.4 Å². The molecule has 1 amide bonds. The van der Waals surface area contributed by atoms with Crippen molar-refractivity contribution in [3.05, 3.63) is 42.0 Å². The maximum atomic E-state index is 11.2. The van der Waals surface area contributed by atoms with Crippen molar-refractivity contribution in [3.8, 4) is 0 Å². The van der Waals surface area contributed by atoms with Gasteiger partial charge in [0.05, 0.1) is 0 Å². The molecule has 0 unspecified atom stereocenters. The van der Waals surface area contributed by atoms with Crippen LogP contribution in [0.4, 0.5) is 0 Å². The van der Waals surface area contributed by atoms with Gasteiger partial charge in [-0.2, -0.15) is 0 Å². The number of guanidine groups is 2. The van der Waals surface area contributed by atoms with Crippen LogP contribution in [-0.2, 0) is 4.79 Å². The van der Waals surface area contributed by atoms with Crippen molar-refractivity contribution in [1.29, 1.82) is 5.41 Å². The largest absolute Gasteiger partial charge is 0.370 e. The summed E-state index contributed by atoms with van der Waals surface area (Å²) in [6.45, 7) is 0. The summed E-state index contributed by atoms with van der Waals surface area (Å²) in [6.07, 6.45) is 3.12. The van der Waals surface area contributed by atoms with Crippen LogP contribution in [0.3, 0.4) is 0 Å². The Kier molecular flexibility index (Phi) is 7.85. The molecule has 0 heterocycles. The van der Waals surface area contributed by atoms with E-state index in [0.717, 1.165) is 5.56 Å². The molecule has 19 heavy (non-hydrogen) atoms. The van der Waals surface area contributed by atoms with Crippen molar-refractivity contribution >= 4 is 23.9 Å². The Balaban J connectivity index is 0.000000711. The van der Waals surface area contributed by atoms with E-state index in [9.17, 15) is 4.79 Å². The minimum Gasteiger partial charge on any atom is -0.370 e. The molecule has 0 bridgehead atoms. The molecule has 1 aromatic rings. The first-order valence-corrected chi connectivity index (χ1v) is 5.31. The number of amides is 1. The summed E-state index contributed by atoms with van der Waals surface area (Å²) >= 11 is 0. The second-order valence-corrected chi connectivity index (χ2v) is 3.30. The molecule has 0 radical (unpaired) electrons. The Morgan fingerprint density at radius 2 is 1.79 bits per heavy atom. The smallest absolute Gasteiger partial charge is 0.250 e. The van der Waals surface area contributed by atoms with E-state index in [4.69, 9.17) is 11.1 Å². The van der Waals surface area contributed by atoms with Gasteiger partial charge in [-0.1, -0.05) is 30.3 Å². The Hall–Kier alpha value is -2.83. The highest BCUT2D eigenvalue weighted by Gasteiger charge is 1.95. The molecule has 0 aliphatic carbocycles. The zero-order valence-corrected chi connectivity index (χ0v) is 10.6. The van der Waals surface area contributed by atoms with Crippen LogP contribution in [-0.4, -0.2) is 24.9 Å². The fraction of sp³-hybridized carbons (Fsp3) is 0.0833. The molecule has 102 valence electrons. The van der Waals surface area contributed by atoms with Gasteiger partial charge in [-0.3, -0.25) is 20.5 Å². The molecule has 0 saturated heterocycles. The van der Waals surface area contributed by atoms with E-state index in [2.05, 4.69) is 21.8 Å². The number of nitrogens with two attached hydrogens (primary N) is 3. The first-order chi connectivity index (χ1) is 8.95. The van der Waals surface area contributed by atoms with Crippen LogP contribution in [0.2, 0.25) is 0 Å². The molecule has 7 nitrogen and oxygen atoms in total. The summed E-state index contributed by atoms with van der Waals surface area (Å²) in [5.74, 6) is -0.514. The van der Waals surface area contributed by atoms with Gasteiger partial charge in [0.15, 0.2) is 11.9 Å². The number of carbonyl (C=O) groups is 1. The highest BCUT2D eigenvalue weighted by atomic mass is 16.1. The fourth-order valence-electron chi connectivity index (χ4n) is 0.960. The lowest BCUT2D eigenvalue weighted by atomic mass is 10.2. The molecule has 0 atom stereocenters. The van der Waals surface area contributed by atoms with Gasteiger partial charge in [-0.15, -0.1) is 0 Å². The van der Waals surface area contributed by atoms with Crippen molar-refractivity contribution in [3.63, 3.8) is 0 Å². The predicted octanol–water partition coefficient (Wildman–Crippen LogP) is -0.401. The Morgan fingerprint density at radius 1 is 1.26 bits per heavy atom. The highest BCUT2D eigenvalue weighted by molar-refractivity contribution is 6.03. The van der Waals surface area contributed by atoms with E-state index in [0.29, 0.717) is 0 Å². The van der Waals surface area contributed by atoms with E-state index >= 15 is 0 Å². The molecular formula is C12H18N6O. The topological polar surface area (TPSA) is 143 Å². The minimum absolute atomic E-state index is 0.109. The first kappa shape index (κ1) is 16.2. The average Bonchev–Trinajstić information content (AvgIpc) is 2.37. The summed E-state index contributed by atoms with van der Waals surface area (Å²) in [4.78, 5) is 14.8. The Bertz CT molecular complexity index is 462.